The maximum Gasteiger partial charge on any atom is 0.358 e. The maximum atomic E-state index is 11.3. The molecule has 0 radical (unpaired) electrons. The summed E-state index contributed by atoms with van der Waals surface area (Å²) in [6, 6.07) is 6.90. The fraction of sp³-hybridized carbons (Fsp3) is 0.263. The van der Waals surface area contributed by atoms with Gasteiger partial charge in [-0.15, -0.1) is 0 Å². The van der Waals surface area contributed by atoms with Crippen LogP contribution in [0.15, 0.2) is 57.3 Å². The van der Waals surface area contributed by atoms with E-state index in [1.54, 1.807) is 30.3 Å². The summed E-state index contributed by atoms with van der Waals surface area (Å²) >= 11 is 11.2. The van der Waals surface area contributed by atoms with Gasteiger partial charge in [0.2, 0.25) is 0 Å². The summed E-state index contributed by atoms with van der Waals surface area (Å²) in [6.45, 7) is 0.591. The van der Waals surface area contributed by atoms with Gasteiger partial charge in [0, 0.05) is 27.5 Å². The van der Waals surface area contributed by atoms with Crippen LogP contribution < -0.4 is 0 Å². The molecule has 28 heavy (non-hydrogen) atoms. The molecule has 0 aromatic heterocycles. The van der Waals surface area contributed by atoms with E-state index in [9.17, 15) is 9.90 Å². The van der Waals surface area contributed by atoms with E-state index in [1.807, 2.05) is 6.08 Å². The maximum absolute atomic E-state index is 11.3. The van der Waals surface area contributed by atoms with Crippen molar-refractivity contribution in [2.24, 2.45) is 10.3 Å². The first-order chi connectivity index (χ1) is 13.5. The van der Waals surface area contributed by atoms with Crippen molar-refractivity contribution in [2.75, 3.05) is 20.3 Å². The second kappa shape index (κ2) is 11.3. The highest BCUT2D eigenvalue weighted by Gasteiger charge is 2.17. The molecule has 0 spiro atoms. The Balaban J connectivity index is 1.83. The Morgan fingerprint density at radius 1 is 1.36 bits per heavy atom. The lowest BCUT2D eigenvalue weighted by Crippen LogP contribution is -2.17. The molecule has 0 unspecified atom stereocenters. The molecule has 0 amide bonds. The fourth-order valence-corrected chi connectivity index (χ4v) is 2.74. The number of ether oxygens (including phenoxy) is 1. The molecule has 0 saturated carbocycles. The van der Waals surface area contributed by atoms with Crippen LogP contribution in [0.4, 0.5) is 0 Å². The van der Waals surface area contributed by atoms with Crippen molar-refractivity contribution in [1.82, 2.24) is 0 Å². The van der Waals surface area contributed by atoms with Crippen LogP contribution in [0.5, 0.6) is 0 Å². The number of nitrogens with zero attached hydrogens (tertiary/aromatic N) is 2. The minimum absolute atomic E-state index is 0.174. The minimum atomic E-state index is -1.19. The number of allylic oxidation sites excluding steroid dienone is 3. The number of carbonyl (C=O) groups is 1. The molecule has 1 aromatic carbocycles. The monoisotopic (exact) mass is 422 g/mol. The van der Waals surface area contributed by atoms with E-state index >= 15 is 0 Å². The highest BCUT2D eigenvalue weighted by atomic mass is 35.5. The summed E-state index contributed by atoms with van der Waals surface area (Å²) < 4.78 is 5.51. The summed E-state index contributed by atoms with van der Waals surface area (Å²) in [5, 5.41) is 17.3. The third-order valence-electron chi connectivity index (χ3n) is 3.63. The summed E-state index contributed by atoms with van der Waals surface area (Å²) in [5.74, 6) is -1.19. The predicted octanol–water partition coefficient (Wildman–Crippen LogP) is 3.46. The Bertz CT molecular complexity index is 848. The Kier molecular flexibility index (Phi) is 8.80. The molecule has 0 aliphatic heterocycles. The molecule has 7 nitrogen and oxygen atoms in total. The number of carboxylic acid groups (broad SMARTS) is 1. The number of aliphatic carboxylic acids is 1. The summed E-state index contributed by atoms with van der Waals surface area (Å²) in [4.78, 5) is 21.9. The van der Waals surface area contributed by atoms with Gasteiger partial charge in [0.25, 0.3) is 0 Å². The van der Waals surface area contributed by atoms with Gasteiger partial charge >= 0.3 is 5.97 Å². The van der Waals surface area contributed by atoms with Crippen LogP contribution in [-0.4, -0.2) is 48.2 Å². The smallest absolute Gasteiger partial charge is 0.358 e. The van der Waals surface area contributed by atoms with Crippen molar-refractivity contribution < 1.29 is 24.3 Å². The minimum Gasteiger partial charge on any atom is -0.476 e. The zero-order chi connectivity index (χ0) is 20.4. The van der Waals surface area contributed by atoms with Gasteiger partial charge in [-0.2, -0.15) is 0 Å². The van der Waals surface area contributed by atoms with Crippen LogP contribution >= 0.6 is 23.8 Å². The highest BCUT2D eigenvalue weighted by Crippen LogP contribution is 2.18. The quantitative estimate of drug-likeness (QED) is 0.269. The van der Waals surface area contributed by atoms with Crippen molar-refractivity contribution in [3.63, 3.8) is 0 Å². The van der Waals surface area contributed by atoms with Crippen molar-refractivity contribution in [1.29, 1.82) is 0 Å². The molecule has 0 bridgehead atoms. The van der Waals surface area contributed by atoms with Crippen molar-refractivity contribution >= 4 is 46.6 Å². The molecule has 1 aliphatic rings. The van der Waals surface area contributed by atoms with Crippen molar-refractivity contribution in [3.8, 4) is 0 Å². The average Bonchev–Trinajstić information content (AvgIpc) is 2.68. The molecule has 0 atom stereocenters. The van der Waals surface area contributed by atoms with Crippen LogP contribution in [0.3, 0.4) is 0 Å². The number of rotatable bonds is 10. The molecule has 1 aliphatic carbocycles. The van der Waals surface area contributed by atoms with E-state index in [1.165, 1.54) is 13.3 Å². The largest absolute Gasteiger partial charge is 0.476 e. The molecular formula is C19H19ClN2O5S. The number of hydrogen-bond donors (Lipinski definition) is 1. The van der Waals surface area contributed by atoms with Gasteiger partial charge in [-0.1, -0.05) is 64.5 Å². The normalized spacial score (nSPS) is 14.6. The first-order valence-corrected chi connectivity index (χ1v) is 9.05. The number of hydrogen-bond acceptors (Lipinski definition) is 7. The lowest BCUT2D eigenvalue weighted by molar-refractivity contribution is -0.129. The van der Waals surface area contributed by atoms with E-state index in [-0.39, 0.29) is 25.5 Å². The third-order valence-corrected chi connectivity index (χ3v) is 4.32. The summed E-state index contributed by atoms with van der Waals surface area (Å²) in [7, 11) is 1.29. The van der Waals surface area contributed by atoms with Gasteiger partial charge < -0.3 is 19.5 Å². The van der Waals surface area contributed by atoms with Crippen LogP contribution in [-0.2, 0) is 25.8 Å². The third kappa shape index (κ3) is 6.56. The Hall–Kier alpha value is -2.55. The number of benzene rings is 1. The Morgan fingerprint density at radius 2 is 2.14 bits per heavy atom. The summed E-state index contributed by atoms with van der Waals surface area (Å²) in [5.41, 5.74) is 1.72. The van der Waals surface area contributed by atoms with E-state index in [4.69, 9.17) is 33.4 Å². The van der Waals surface area contributed by atoms with Crippen molar-refractivity contribution in [2.45, 2.75) is 13.0 Å². The second-order valence-electron chi connectivity index (χ2n) is 5.55. The Morgan fingerprint density at radius 3 is 2.89 bits per heavy atom. The topological polar surface area (TPSA) is 89.7 Å². The van der Waals surface area contributed by atoms with Crippen LogP contribution in [0, 0.1) is 0 Å². The molecule has 1 N–H and O–H groups in total. The number of carboxylic acids is 1. The molecule has 9 heteroatoms. The molecule has 0 heterocycles. The van der Waals surface area contributed by atoms with Crippen LogP contribution in [0.1, 0.15) is 17.5 Å². The molecule has 1 aromatic rings. The first-order valence-electron chi connectivity index (χ1n) is 8.26. The molecule has 0 fully saturated rings. The lowest BCUT2D eigenvalue weighted by Gasteiger charge is -2.10. The second-order valence-corrected chi connectivity index (χ2v) is 6.48. The standard InChI is InChI=1S/C19H19ClN2O5S/c1-25-22-18(19(23)24)16-5-3-2-4-13(16)11-26-9-8-21-27-12-14-10-15(20)6-7-17(14)28/h2-6,8,10H,7,9,11-12H2,1H3,(H,23,24). The average molecular weight is 423 g/mol. The molecule has 148 valence electrons. The fourth-order valence-electron chi connectivity index (χ4n) is 2.33. The molecule has 2 rings (SSSR count). The number of thiocarbonyl (C=S) groups is 1. The van der Waals surface area contributed by atoms with Gasteiger partial charge in [0.15, 0.2) is 5.71 Å². The lowest BCUT2D eigenvalue weighted by atomic mass is 10.0. The van der Waals surface area contributed by atoms with Gasteiger partial charge in [-0.3, -0.25) is 0 Å². The van der Waals surface area contributed by atoms with E-state index < -0.39 is 5.97 Å². The summed E-state index contributed by atoms with van der Waals surface area (Å²) in [6.07, 6.45) is 5.70. The number of oxime groups is 2. The van der Waals surface area contributed by atoms with Gasteiger partial charge in [-0.05, 0) is 11.6 Å². The molecular weight excluding hydrogens is 404 g/mol. The van der Waals surface area contributed by atoms with Gasteiger partial charge in [-0.25, -0.2) is 4.79 Å². The van der Waals surface area contributed by atoms with Gasteiger partial charge in [0.1, 0.15) is 13.7 Å². The van der Waals surface area contributed by atoms with Gasteiger partial charge in [0.05, 0.1) is 19.4 Å². The zero-order valence-corrected chi connectivity index (χ0v) is 16.7. The molecule has 0 saturated heterocycles. The zero-order valence-electron chi connectivity index (χ0n) is 15.1. The van der Waals surface area contributed by atoms with Crippen LogP contribution in [0.2, 0.25) is 0 Å². The Labute approximate surface area is 172 Å². The first kappa shape index (κ1) is 21.7. The number of halogens is 1. The van der Waals surface area contributed by atoms with E-state index in [0.29, 0.717) is 22.6 Å². The SMILES string of the molecule is CON=C(C(=O)O)c1ccccc1COCC=NOCC1=CC(Cl)=CCC1=S. The van der Waals surface area contributed by atoms with E-state index in [0.717, 1.165) is 10.4 Å². The van der Waals surface area contributed by atoms with E-state index in [2.05, 4.69) is 15.1 Å². The van der Waals surface area contributed by atoms with Crippen LogP contribution in [0.25, 0.3) is 0 Å². The highest BCUT2D eigenvalue weighted by molar-refractivity contribution is 7.80. The van der Waals surface area contributed by atoms with Crippen molar-refractivity contribution in [3.05, 3.63) is 58.1 Å². The predicted molar refractivity (Wildman–Crippen MR) is 111 cm³/mol.